The molecule has 2 heterocycles. The molecule has 8 heteroatoms. The first-order valence-electron chi connectivity index (χ1n) is 8.54. The molecule has 2 N–H and O–H groups in total. The second kappa shape index (κ2) is 7.11. The van der Waals surface area contributed by atoms with Gasteiger partial charge in [0.1, 0.15) is 5.69 Å². The van der Waals surface area contributed by atoms with E-state index in [4.69, 9.17) is 5.73 Å². The summed E-state index contributed by atoms with van der Waals surface area (Å²) in [6.45, 7) is 3.17. The number of hydrogen-bond acceptors (Lipinski definition) is 3. The van der Waals surface area contributed by atoms with Crippen molar-refractivity contribution >= 4 is 5.91 Å². The summed E-state index contributed by atoms with van der Waals surface area (Å²) < 4.78 is 40.0. The Morgan fingerprint density at radius 2 is 1.96 bits per heavy atom. The summed E-state index contributed by atoms with van der Waals surface area (Å²) in [7, 11) is 0. The lowest BCUT2D eigenvalue weighted by Gasteiger charge is -2.33. The van der Waals surface area contributed by atoms with Crippen molar-refractivity contribution in [2.24, 2.45) is 11.7 Å². The van der Waals surface area contributed by atoms with Crippen molar-refractivity contribution in [1.29, 1.82) is 0 Å². The Balaban J connectivity index is 1.80. The first-order chi connectivity index (χ1) is 12.3. The molecule has 26 heavy (non-hydrogen) atoms. The van der Waals surface area contributed by atoms with E-state index >= 15 is 0 Å². The summed E-state index contributed by atoms with van der Waals surface area (Å²) in [5.41, 5.74) is 5.60. The van der Waals surface area contributed by atoms with E-state index < -0.39 is 11.9 Å². The van der Waals surface area contributed by atoms with Gasteiger partial charge in [-0.1, -0.05) is 6.07 Å². The molecular weight excluding hydrogens is 345 g/mol. The number of likely N-dealkylation sites (tertiary alicyclic amines) is 1. The third-order valence-electron chi connectivity index (χ3n) is 4.84. The van der Waals surface area contributed by atoms with Crippen molar-refractivity contribution in [3.63, 3.8) is 0 Å². The number of piperidine rings is 1. The molecule has 1 aromatic carbocycles. The van der Waals surface area contributed by atoms with Crippen LogP contribution in [-0.4, -0.2) is 39.7 Å². The van der Waals surface area contributed by atoms with Crippen molar-refractivity contribution in [3.8, 4) is 5.69 Å². The Morgan fingerprint density at radius 1 is 1.27 bits per heavy atom. The van der Waals surface area contributed by atoms with Crippen LogP contribution in [0.25, 0.3) is 5.69 Å². The molecule has 2 aromatic rings. The standard InChI is InChI=1S/C18H21F3N4O/c1-12(22)13-6-9-24(10-7-13)17(26)14-3-2-4-15(11-14)25-16(5-8-23-25)18(19,20)21/h2-5,8,11-13H,6-7,9-10,22H2,1H3. The van der Waals surface area contributed by atoms with E-state index in [-0.39, 0.29) is 17.6 Å². The average Bonchev–Trinajstić information content (AvgIpc) is 3.11. The Hall–Kier alpha value is -2.35. The van der Waals surface area contributed by atoms with Crippen LogP contribution in [0, 0.1) is 5.92 Å². The molecule has 5 nitrogen and oxygen atoms in total. The number of hydrogen-bond donors (Lipinski definition) is 1. The summed E-state index contributed by atoms with van der Waals surface area (Å²) in [5, 5.41) is 3.75. The Morgan fingerprint density at radius 3 is 2.58 bits per heavy atom. The number of carbonyl (C=O) groups excluding carboxylic acids is 1. The van der Waals surface area contributed by atoms with Gasteiger partial charge >= 0.3 is 6.18 Å². The van der Waals surface area contributed by atoms with Gasteiger partial charge in [0.2, 0.25) is 0 Å². The lowest BCUT2D eigenvalue weighted by atomic mass is 9.90. The van der Waals surface area contributed by atoms with Gasteiger partial charge in [-0.15, -0.1) is 0 Å². The first kappa shape index (κ1) is 18.4. The van der Waals surface area contributed by atoms with Gasteiger partial charge < -0.3 is 10.6 Å². The van der Waals surface area contributed by atoms with E-state index in [9.17, 15) is 18.0 Å². The molecule has 1 fully saturated rings. The fraction of sp³-hybridized carbons (Fsp3) is 0.444. The minimum absolute atomic E-state index is 0.0937. The van der Waals surface area contributed by atoms with Gasteiger partial charge in [0, 0.05) is 24.7 Å². The fourth-order valence-electron chi connectivity index (χ4n) is 3.31. The topological polar surface area (TPSA) is 64.2 Å². The predicted octanol–water partition coefficient (Wildman–Crippen LogP) is 3.09. The SMILES string of the molecule is CC(N)C1CCN(C(=O)c2cccc(-n3nccc3C(F)(F)F)c2)CC1. The van der Waals surface area contributed by atoms with Gasteiger partial charge in [-0.2, -0.15) is 18.3 Å². The smallest absolute Gasteiger partial charge is 0.339 e. The van der Waals surface area contributed by atoms with E-state index in [1.54, 1.807) is 17.0 Å². The van der Waals surface area contributed by atoms with E-state index in [0.29, 0.717) is 24.6 Å². The molecule has 1 saturated heterocycles. The van der Waals surface area contributed by atoms with Crippen LogP contribution in [0.5, 0.6) is 0 Å². The molecule has 1 unspecified atom stereocenters. The second-order valence-corrected chi connectivity index (χ2v) is 6.67. The van der Waals surface area contributed by atoms with Crippen molar-refractivity contribution in [2.45, 2.75) is 32.0 Å². The fourth-order valence-corrected chi connectivity index (χ4v) is 3.31. The van der Waals surface area contributed by atoms with Gasteiger partial charge in [0.05, 0.1) is 11.9 Å². The van der Waals surface area contributed by atoms with Crippen LogP contribution in [0.3, 0.4) is 0 Å². The van der Waals surface area contributed by atoms with Crippen LogP contribution in [0.1, 0.15) is 35.8 Å². The number of nitrogens with zero attached hydrogens (tertiary/aromatic N) is 3. The van der Waals surface area contributed by atoms with Crippen molar-refractivity contribution < 1.29 is 18.0 Å². The predicted molar refractivity (Wildman–Crippen MR) is 90.8 cm³/mol. The number of amides is 1. The first-order valence-corrected chi connectivity index (χ1v) is 8.54. The summed E-state index contributed by atoms with van der Waals surface area (Å²) in [6.07, 6.45) is -1.76. The molecule has 1 amide bonds. The van der Waals surface area contributed by atoms with E-state index in [1.165, 1.54) is 12.1 Å². The quantitative estimate of drug-likeness (QED) is 0.908. The second-order valence-electron chi connectivity index (χ2n) is 6.67. The highest BCUT2D eigenvalue weighted by Crippen LogP contribution is 2.30. The van der Waals surface area contributed by atoms with Gasteiger partial charge in [-0.3, -0.25) is 4.79 Å². The summed E-state index contributed by atoms with van der Waals surface area (Å²) in [5.74, 6) is 0.208. The number of alkyl halides is 3. The molecule has 1 aromatic heterocycles. The van der Waals surface area contributed by atoms with Crippen LogP contribution in [0.4, 0.5) is 13.2 Å². The minimum Gasteiger partial charge on any atom is -0.339 e. The highest BCUT2D eigenvalue weighted by Gasteiger charge is 2.35. The van der Waals surface area contributed by atoms with E-state index in [2.05, 4.69) is 5.10 Å². The van der Waals surface area contributed by atoms with Crippen LogP contribution in [-0.2, 0) is 6.18 Å². The molecule has 3 rings (SSSR count). The number of carbonyl (C=O) groups is 1. The molecule has 0 spiro atoms. The highest BCUT2D eigenvalue weighted by atomic mass is 19.4. The molecule has 1 aliphatic rings. The lowest BCUT2D eigenvalue weighted by Crippen LogP contribution is -2.42. The van der Waals surface area contributed by atoms with Crippen LogP contribution in [0.15, 0.2) is 36.5 Å². The Labute approximate surface area is 149 Å². The molecular formula is C18H21F3N4O. The van der Waals surface area contributed by atoms with Gasteiger partial charge in [-0.25, -0.2) is 4.68 Å². The number of rotatable bonds is 3. The Bertz CT molecular complexity index is 777. The Kier molecular flexibility index (Phi) is 5.04. The maximum Gasteiger partial charge on any atom is 0.433 e. The lowest BCUT2D eigenvalue weighted by molar-refractivity contribution is -0.142. The van der Waals surface area contributed by atoms with Crippen molar-refractivity contribution in [1.82, 2.24) is 14.7 Å². The summed E-state index contributed by atoms with van der Waals surface area (Å²) in [6, 6.07) is 7.13. The average molecular weight is 366 g/mol. The zero-order valence-corrected chi connectivity index (χ0v) is 14.4. The molecule has 140 valence electrons. The number of halogens is 3. The largest absolute Gasteiger partial charge is 0.433 e. The normalized spacial score (nSPS) is 17.3. The molecule has 0 aliphatic carbocycles. The zero-order chi connectivity index (χ0) is 18.9. The van der Waals surface area contributed by atoms with Crippen molar-refractivity contribution in [2.75, 3.05) is 13.1 Å². The molecule has 1 atom stereocenters. The summed E-state index contributed by atoms with van der Waals surface area (Å²) >= 11 is 0. The number of benzene rings is 1. The maximum atomic E-state index is 13.1. The van der Waals surface area contributed by atoms with Crippen molar-refractivity contribution in [3.05, 3.63) is 47.8 Å². The van der Waals surface area contributed by atoms with Gasteiger partial charge in [-0.05, 0) is 49.9 Å². The minimum atomic E-state index is -4.52. The number of aromatic nitrogens is 2. The van der Waals surface area contributed by atoms with Crippen LogP contribution >= 0.6 is 0 Å². The molecule has 1 aliphatic heterocycles. The van der Waals surface area contributed by atoms with E-state index in [1.807, 2.05) is 6.92 Å². The third kappa shape index (κ3) is 3.75. The van der Waals surface area contributed by atoms with Crippen LogP contribution < -0.4 is 5.73 Å². The van der Waals surface area contributed by atoms with E-state index in [0.717, 1.165) is 29.8 Å². The van der Waals surface area contributed by atoms with Gasteiger partial charge in [0.25, 0.3) is 5.91 Å². The number of nitrogens with two attached hydrogens (primary N) is 1. The molecule has 0 saturated carbocycles. The molecule has 0 bridgehead atoms. The van der Waals surface area contributed by atoms with Gasteiger partial charge in [0.15, 0.2) is 0 Å². The highest BCUT2D eigenvalue weighted by molar-refractivity contribution is 5.94. The third-order valence-corrected chi connectivity index (χ3v) is 4.84. The monoisotopic (exact) mass is 366 g/mol. The maximum absolute atomic E-state index is 13.1. The van der Waals surface area contributed by atoms with Crippen LogP contribution in [0.2, 0.25) is 0 Å². The molecule has 0 radical (unpaired) electrons. The zero-order valence-electron chi connectivity index (χ0n) is 14.4. The summed E-state index contributed by atoms with van der Waals surface area (Å²) in [4.78, 5) is 14.5.